The number of hydrogen-bond acceptors (Lipinski definition) is 5. The van der Waals surface area contributed by atoms with Crippen LogP contribution in [0.4, 0.5) is 4.79 Å². The van der Waals surface area contributed by atoms with Crippen LogP contribution < -0.4 is 5.48 Å². The molecule has 3 rings (SSSR count). The number of fused-ring (bicyclic) bond motifs is 1. The molecule has 6 heteroatoms. The average molecular weight is 388 g/mol. The molecule has 1 saturated carbocycles. The number of hydrogen-bond donors (Lipinski definition) is 1. The minimum absolute atomic E-state index is 0.104. The van der Waals surface area contributed by atoms with Crippen molar-refractivity contribution >= 4 is 12.4 Å². The van der Waals surface area contributed by atoms with E-state index in [2.05, 4.69) is 34.6 Å². The van der Waals surface area contributed by atoms with Gasteiger partial charge in [-0.1, -0.05) is 50.6 Å². The fraction of sp³-hybridized carbons (Fsp3) is 0.636. The maximum absolute atomic E-state index is 12.4. The lowest BCUT2D eigenvalue weighted by Gasteiger charge is -2.28. The predicted octanol–water partition coefficient (Wildman–Crippen LogP) is 3.08. The third kappa shape index (κ3) is 4.73. The Labute approximate surface area is 168 Å². The Hall–Kier alpha value is -1.92. The van der Waals surface area contributed by atoms with Crippen LogP contribution in [0.1, 0.15) is 38.7 Å². The highest BCUT2D eigenvalue weighted by Crippen LogP contribution is 2.38. The van der Waals surface area contributed by atoms with Gasteiger partial charge in [0, 0.05) is 32.7 Å². The van der Waals surface area contributed by atoms with E-state index in [-0.39, 0.29) is 12.0 Å². The molecule has 2 aliphatic rings. The summed E-state index contributed by atoms with van der Waals surface area (Å²) < 4.78 is 0. The number of likely N-dealkylation sites (N-methyl/N-ethyl adjacent to an activating group) is 1. The van der Waals surface area contributed by atoms with Crippen molar-refractivity contribution in [3.05, 3.63) is 35.9 Å². The fourth-order valence-electron chi connectivity index (χ4n) is 4.64. The number of aldehydes is 1. The van der Waals surface area contributed by atoms with Crippen molar-refractivity contribution < 1.29 is 14.4 Å². The highest BCUT2D eigenvalue weighted by Gasteiger charge is 2.43. The lowest BCUT2D eigenvalue weighted by atomic mass is 9.98. The van der Waals surface area contributed by atoms with E-state index in [9.17, 15) is 9.59 Å². The van der Waals surface area contributed by atoms with Crippen molar-refractivity contribution in [1.29, 1.82) is 0 Å². The van der Waals surface area contributed by atoms with E-state index in [4.69, 9.17) is 4.84 Å². The molecule has 0 bridgehead atoms. The highest BCUT2D eigenvalue weighted by molar-refractivity contribution is 5.73. The molecule has 6 nitrogen and oxygen atoms in total. The van der Waals surface area contributed by atoms with Gasteiger partial charge >= 0.3 is 6.09 Å². The standard InChI is InChI=1S/C22H33N3O3/c1-4-16(2)21(15-26)24(3)22(27)28-23-20-11-10-18-13-25(14-19(18)20)12-17-8-6-5-7-9-17/h5-9,15-16,18-21,23H,4,10-14H2,1-3H3/t16-,18-,19+,20+,21+/m0/s1. The number of carbonyl (C=O) groups is 2. The van der Waals surface area contributed by atoms with Crippen molar-refractivity contribution in [2.45, 2.75) is 51.7 Å². The van der Waals surface area contributed by atoms with Gasteiger partial charge in [-0.25, -0.2) is 4.79 Å². The minimum atomic E-state index is -0.486. The smallest absolute Gasteiger partial charge is 0.353 e. The van der Waals surface area contributed by atoms with Gasteiger partial charge in [-0.3, -0.25) is 9.80 Å². The second kappa shape index (κ2) is 9.52. The SMILES string of the molecule is CC[C@H](C)[C@@H](C=O)N(C)C(=O)ON[C@@H]1CC[C@H]2CN(Cc3ccccc3)C[C@H]21. The number of amides is 1. The highest BCUT2D eigenvalue weighted by atomic mass is 16.7. The maximum atomic E-state index is 12.4. The molecule has 154 valence electrons. The molecule has 1 aromatic carbocycles. The van der Waals surface area contributed by atoms with Gasteiger partial charge in [-0.15, -0.1) is 5.48 Å². The summed E-state index contributed by atoms with van der Waals surface area (Å²) in [7, 11) is 1.63. The molecule has 1 N–H and O–H groups in total. The fourth-order valence-corrected chi connectivity index (χ4v) is 4.64. The average Bonchev–Trinajstić information content (AvgIpc) is 3.27. The number of nitrogens with one attached hydrogen (secondary N) is 1. The summed E-state index contributed by atoms with van der Waals surface area (Å²) in [6, 6.07) is 10.3. The molecule has 1 amide bonds. The van der Waals surface area contributed by atoms with Crippen molar-refractivity contribution in [2.24, 2.45) is 17.8 Å². The lowest BCUT2D eigenvalue weighted by molar-refractivity contribution is -0.113. The normalized spacial score (nSPS) is 26.5. The molecule has 0 unspecified atom stereocenters. The first-order valence-corrected chi connectivity index (χ1v) is 10.4. The monoisotopic (exact) mass is 387 g/mol. The van der Waals surface area contributed by atoms with Crippen LogP contribution in [0.15, 0.2) is 30.3 Å². The number of carbonyl (C=O) groups excluding carboxylic acids is 2. The summed E-state index contributed by atoms with van der Waals surface area (Å²) in [6.45, 7) is 7.08. The van der Waals surface area contributed by atoms with Gasteiger partial charge in [-0.05, 0) is 36.2 Å². The molecule has 0 spiro atoms. The number of nitrogens with zero attached hydrogens (tertiary/aromatic N) is 2. The second-order valence-corrected chi connectivity index (χ2v) is 8.40. The van der Waals surface area contributed by atoms with Crippen molar-refractivity contribution in [2.75, 3.05) is 20.1 Å². The van der Waals surface area contributed by atoms with Gasteiger partial charge in [0.05, 0.1) is 6.04 Å². The summed E-state index contributed by atoms with van der Waals surface area (Å²) >= 11 is 0. The number of rotatable bonds is 8. The Morgan fingerprint density at radius 3 is 2.75 bits per heavy atom. The maximum Gasteiger partial charge on any atom is 0.429 e. The zero-order chi connectivity index (χ0) is 20.1. The topological polar surface area (TPSA) is 61.9 Å². The van der Waals surface area contributed by atoms with Gasteiger partial charge < -0.3 is 9.63 Å². The molecular formula is C22H33N3O3. The summed E-state index contributed by atoms with van der Waals surface area (Å²) in [5.41, 5.74) is 4.36. The molecular weight excluding hydrogens is 354 g/mol. The Morgan fingerprint density at radius 1 is 1.32 bits per heavy atom. The van der Waals surface area contributed by atoms with E-state index in [1.54, 1.807) is 7.05 Å². The summed E-state index contributed by atoms with van der Waals surface area (Å²) in [5.74, 6) is 1.26. The van der Waals surface area contributed by atoms with E-state index in [1.165, 1.54) is 10.5 Å². The Morgan fingerprint density at radius 2 is 2.07 bits per heavy atom. The molecule has 1 saturated heterocycles. The molecule has 0 radical (unpaired) electrons. The number of hydroxylamine groups is 1. The Balaban J connectivity index is 1.49. The van der Waals surface area contributed by atoms with E-state index < -0.39 is 12.1 Å². The van der Waals surface area contributed by atoms with Gasteiger partial charge in [0.15, 0.2) is 0 Å². The van der Waals surface area contributed by atoms with Gasteiger partial charge in [0.2, 0.25) is 0 Å². The lowest BCUT2D eigenvalue weighted by Crippen LogP contribution is -2.46. The zero-order valence-electron chi connectivity index (χ0n) is 17.2. The van der Waals surface area contributed by atoms with E-state index in [0.29, 0.717) is 11.8 Å². The largest absolute Gasteiger partial charge is 0.429 e. The molecule has 0 aromatic heterocycles. The Kier molecular flexibility index (Phi) is 7.08. The van der Waals surface area contributed by atoms with Crippen LogP contribution in [-0.2, 0) is 16.2 Å². The third-order valence-corrected chi connectivity index (χ3v) is 6.58. The quantitative estimate of drug-likeness (QED) is 0.549. The molecule has 1 aliphatic heterocycles. The van der Waals surface area contributed by atoms with Gasteiger partial charge in [0.25, 0.3) is 0 Å². The Bertz CT molecular complexity index is 654. The van der Waals surface area contributed by atoms with Crippen LogP contribution >= 0.6 is 0 Å². The van der Waals surface area contributed by atoms with Gasteiger partial charge in [0.1, 0.15) is 6.29 Å². The third-order valence-electron chi connectivity index (χ3n) is 6.58. The summed E-state index contributed by atoms with van der Waals surface area (Å²) in [5, 5.41) is 0. The summed E-state index contributed by atoms with van der Waals surface area (Å²) in [4.78, 5) is 33.0. The van der Waals surface area contributed by atoms with Crippen LogP contribution in [0.2, 0.25) is 0 Å². The van der Waals surface area contributed by atoms with Crippen LogP contribution in [0.3, 0.4) is 0 Å². The van der Waals surface area contributed by atoms with Crippen molar-refractivity contribution in [3.63, 3.8) is 0 Å². The number of benzene rings is 1. The van der Waals surface area contributed by atoms with Crippen LogP contribution in [0.5, 0.6) is 0 Å². The van der Waals surface area contributed by atoms with Crippen LogP contribution in [0, 0.1) is 17.8 Å². The van der Waals surface area contributed by atoms with Gasteiger partial charge in [-0.2, -0.15) is 0 Å². The first kappa shape index (κ1) is 20.8. The van der Waals surface area contributed by atoms with Crippen molar-refractivity contribution in [1.82, 2.24) is 15.3 Å². The van der Waals surface area contributed by atoms with Crippen molar-refractivity contribution in [3.8, 4) is 0 Å². The van der Waals surface area contributed by atoms with Crippen LogP contribution in [0.25, 0.3) is 0 Å². The second-order valence-electron chi connectivity index (χ2n) is 8.40. The molecule has 28 heavy (non-hydrogen) atoms. The van der Waals surface area contributed by atoms with E-state index in [1.807, 2.05) is 19.9 Å². The van der Waals surface area contributed by atoms with E-state index in [0.717, 1.165) is 45.2 Å². The summed E-state index contributed by atoms with van der Waals surface area (Å²) in [6.07, 6.45) is 3.36. The molecule has 2 fully saturated rings. The molecule has 5 atom stereocenters. The number of likely N-dealkylation sites (tertiary alicyclic amines) is 1. The van der Waals surface area contributed by atoms with E-state index >= 15 is 0 Å². The molecule has 1 aliphatic carbocycles. The first-order chi connectivity index (χ1) is 13.5. The van der Waals surface area contributed by atoms with Crippen LogP contribution in [-0.4, -0.2) is 54.4 Å². The first-order valence-electron chi connectivity index (χ1n) is 10.4. The zero-order valence-corrected chi connectivity index (χ0v) is 17.2. The molecule has 1 aromatic rings. The molecule has 1 heterocycles. The minimum Gasteiger partial charge on any atom is -0.353 e. The predicted molar refractivity (Wildman–Crippen MR) is 108 cm³/mol.